The molecule has 3 aliphatic heterocycles. The Labute approximate surface area is 150 Å². The summed E-state index contributed by atoms with van der Waals surface area (Å²) in [5.74, 6) is 0.363. The van der Waals surface area contributed by atoms with Crippen LogP contribution in [0.1, 0.15) is 52.4 Å². The van der Waals surface area contributed by atoms with Crippen LogP contribution < -0.4 is 0 Å². The van der Waals surface area contributed by atoms with E-state index >= 15 is 0 Å². The van der Waals surface area contributed by atoms with Gasteiger partial charge in [0, 0.05) is 56.1 Å². The van der Waals surface area contributed by atoms with Gasteiger partial charge >= 0.3 is 6.09 Å². The van der Waals surface area contributed by atoms with Crippen molar-refractivity contribution in [3.05, 3.63) is 0 Å². The van der Waals surface area contributed by atoms with Gasteiger partial charge in [-0.15, -0.1) is 0 Å². The smallest absolute Gasteiger partial charge is 0.409 e. The summed E-state index contributed by atoms with van der Waals surface area (Å²) in [4.78, 5) is 30.4. The zero-order valence-electron chi connectivity index (χ0n) is 15.6. The van der Waals surface area contributed by atoms with Gasteiger partial charge < -0.3 is 19.4 Å². The Balaban J connectivity index is 1.21. The number of hydrogen-bond donors (Lipinski definition) is 0. The largest absolute Gasteiger partial charge is 0.450 e. The fraction of sp³-hybridized carbons (Fsp3) is 0.895. The van der Waals surface area contributed by atoms with E-state index in [0.717, 1.165) is 51.9 Å². The molecule has 0 aromatic heterocycles. The van der Waals surface area contributed by atoms with Crippen LogP contribution in [0, 0.1) is 5.41 Å². The molecule has 0 aromatic carbocycles. The van der Waals surface area contributed by atoms with Crippen LogP contribution in [-0.4, -0.2) is 77.6 Å². The van der Waals surface area contributed by atoms with Crippen LogP contribution >= 0.6 is 0 Å². The Morgan fingerprint density at radius 3 is 2.40 bits per heavy atom. The minimum Gasteiger partial charge on any atom is -0.450 e. The van der Waals surface area contributed by atoms with Crippen LogP contribution in [0.25, 0.3) is 0 Å². The van der Waals surface area contributed by atoms with Crippen LogP contribution in [0.2, 0.25) is 0 Å². The molecule has 3 heterocycles. The van der Waals surface area contributed by atoms with Crippen molar-refractivity contribution in [2.24, 2.45) is 5.41 Å². The number of hydrogen-bond acceptors (Lipinski definition) is 4. The number of carbonyl (C=O) groups is 2. The minimum atomic E-state index is -0.151. The molecular weight excluding hydrogens is 318 g/mol. The highest BCUT2D eigenvalue weighted by Gasteiger charge is 2.55. The molecule has 140 valence electrons. The fourth-order valence-electron chi connectivity index (χ4n) is 5.50. The summed E-state index contributed by atoms with van der Waals surface area (Å²) in [6, 6.07) is 1.56. The number of piperidine rings is 1. The molecule has 1 spiro atoms. The molecule has 0 aromatic rings. The van der Waals surface area contributed by atoms with Crippen molar-refractivity contribution in [3.63, 3.8) is 0 Å². The lowest BCUT2D eigenvalue weighted by atomic mass is 9.60. The van der Waals surface area contributed by atoms with Crippen LogP contribution in [0.15, 0.2) is 0 Å². The maximum Gasteiger partial charge on any atom is 0.409 e. The third kappa shape index (κ3) is 3.03. The first-order valence-corrected chi connectivity index (χ1v) is 9.98. The first-order valence-electron chi connectivity index (χ1n) is 9.98. The van der Waals surface area contributed by atoms with Crippen molar-refractivity contribution in [1.29, 1.82) is 0 Å². The predicted molar refractivity (Wildman–Crippen MR) is 94.2 cm³/mol. The Morgan fingerprint density at radius 2 is 1.84 bits per heavy atom. The van der Waals surface area contributed by atoms with E-state index in [1.54, 1.807) is 0 Å². The van der Waals surface area contributed by atoms with Gasteiger partial charge in [0.1, 0.15) is 0 Å². The molecule has 1 aliphatic carbocycles. The molecule has 4 rings (SSSR count). The average molecular weight is 349 g/mol. The Bertz CT molecular complexity index is 530. The molecule has 1 atom stereocenters. The monoisotopic (exact) mass is 349 g/mol. The van der Waals surface area contributed by atoms with Crippen LogP contribution in [-0.2, 0) is 9.53 Å². The van der Waals surface area contributed by atoms with Crippen molar-refractivity contribution in [2.45, 2.75) is 70.5 Å². The van der Waals surface area contributed by atoms with Crippen molar-refractivity contribution >= 4 is 12.0 Å². The number of likely N-dealkylation sites (tertiary alicyclic amines) is 3. The second-order valence-electron chi connectivity index (χ2n) is 8.57. The van der Waals surface area contributed by atoms with Gasteiger partial charge in [-0.25, -0.2) is 4.79 Å². The average Bonchev–Trinajstić information content (AvgIpc) is 2.85. The second kappa shape index (κ2) is 6.45. The molecule has 1 saturated carbocycles. The second-order valence-corrected chi connectivity index (χ2v) is 8.57. The lowest BCUT2D eigenvalue weighted by Crippen LogP contribution is -2.68. The van der Waals surface area contributed by atoms with Gasteiger partial charge in [-0.2, -0.15) is 0 Å². The van der Waals surface area contributed by atoms with E-state index < -0.39 is 0 Å². The van der Waals surface area contributed by atoms with E-state index in [0.29, 0.717) is 36.1 Å². The standard InChI is InChI=1S/C19H31N3O3/c1-3-25-18(24)21-12-19(13-21)10-16(11-19)20-8-6-15(7-9-20)22-14(2)4-5-17(22)23/h14-16H,3-13H2,1-2H3/t14-/m1/s1. The third-order valence-corrected chi connectivity index (χ3v) is 6.86. The number of rotatable bonds is 3. The summed E-state index contributed by atoms with van der Waals surface area (Å²) in [7, 11) is 0. The molecule has 3 saturated heterocycles. The quantitative estimate of drug-likeness (QED) is 0.783. The number of nitrogens with zero attached hydrogens (tertiary/aromatic N) is 3. The fourth-order valence-corrected chi connectivity index (χ4v) is 5.50. The van der Waals surface area contributed by atoms with Crippen molar-refractivity contribution < 1.29 is 14.3 Å². The zero-order valence-corrected chi connectivity index (χ0v) is 15.6. The highest BCUT2D eigenvalue weighted by Crippen LogP contribution is 2.50. The maximum absolute atomic E-state index is 12.1. The highest BCUT2D eigenvalue weighted by atomic mass is 16.6. The maximum atomic E-state index is 12.1. The summed E-state index contributed by atoms with van der Waals surface area (Å²) in [5.41, 5.74) is 0.369. The Kier molecular flexibility index (Phi) is 4.42. The normalized spacial score (nSPS) is 30.5. The van der Waals surface area contributed by atoms with Gasteiger partial charge in [-0.05, 0) is 46.0 Å². The van der Waals surface area contributed by atoms with Gasteiger partial charge in [0.05, 0.1) is 6.61 Å². The van der Waals surface area contributed by atoms with Gasteiger partial charge in [-0.3, -0.25) is 4.79 Å². The number of carbonyl (C=O) groups excluding carboxylic acids is 2. The molecule has 0 bridgehead atoms. The minimum absolute atomic E-state index is 0.151. The molecule has 0 radical (unpaired) electrons. The molecule has 6 heteroatoms. The molecular formula is C19H31N3O3. The summed E-state index contributed by atoms with van der Waals surface area (Å²) < 4.78 is 5.07. The third-order valence-electron chi connectivity index (χ3n) is 6.86. The van der Waals surface area contributed by atoms with E-state index in [1.165, 1.54) is 12.8 Å². The van der Waals surface area contributed by atoms with E-state index in [4.69, 9.17) is 4.74 Å². The molecule has 2 amide bonds. The van der Waals surface area contributed by atoms with Gasteiger partial charge in [0.25, 0.3) is 0 Å². The zero-order chi connectivity index (χ0) is 17.6. The van der Waals surface area contributed by atoms with E-state index in [2.05, 4.69) is 16.7 Å². The molecule has 0 N–H and O–H groups in total. The Morgan fingerprint density at radius 1 is 1.16 bits per heavy atom. The Hall–Kier alpha value is -1.30. The van der Waals surface area contributed by atoms with Crippen molar-refractivity contribution in [2.75, 3.05) is 32.8 Å². The molecule has 25 heavy (non-hydrogen) atoms. The SMILES string of the molecule is CCOC(=O)N1CC2(CC(N3CCC(N4C(=O)CC[C@H]4C)CC3)C2)C1. The summed E-state index contributed by atoms with van der Waals surface area (Å²) in [6.45, 7) is 8.48. The van der Waals surface area contributed by atoms with Crippen molar-refractivity contribution in [3.8, 4) is 0 Å². The van der Waals surface area contributed by atoms with Gasteiger partial charge in [0.2, 0.25) is 5.91 Å². The number of ether oxygens (including phenoxy) is 1. The predicted octanol–water partition coefficient (Wildman–Crippen LogP) is 2.08. The van der Waals surface area contributed by atoms with E-state index in [1.807, 2.05) is 11.8 Å². The first-order chi connectivity index (χ1) is 12.0. The van der Waals surface area contributed by atoms with Crippen LogP contribution in [0.3, 0.4) is 0 Å². The summed E-state index contributed by atoms with van der Waals surface area (Å²) in [6.07, 6.45) is 6.29. The van der Waals surface area contributed by atoms with E-state index in [-0.39, 0.29) is 6.09 Å². The topological polar surface area (TPSA) is 53.1 Å². The van der Waals surface area contributed by atoms with Crippen LogP contribution in [0.5, 0.6) is 0 Å². The molecule has 4 fully saturated rings. The first kappa shape index (κ1) is 17.1. The van der Waals surface area contributed by atoms with Gasteiger partial charge in [0.15, 0.2) is 0 Å². The van der Waals surface area contributed by atoms with Crippen LogP contribution in [0.4, 0.5) is 4.79 Å². The molecule has 6 nitrogen and oxygen atoms in total. The summed E-state index contributed by atoms with van der Waals surface area (Å²) in [5, 5.41) is 0. The molecule has 0 unspecified atom stereocenters. The summed E-state index contributed by atoms with van der Waals surface area (Å²) >= 11 is 0. The van der Waals surface area contributed by atoms with Gasteiger partial charge in [-0.1, -0.05) is 0 Å². The lowest BCUT2D eigenvalue weighted by molar-refractivity contribution is -0.133. The lowest BCUT2D eigenvalue weighted by Gasteiger charge is -2.61. The van der Waals surface area contributed by atoms with E-state index in [9.17, 15) is 9.59 Å². The molecule has 4 aliphatic rings. The number of amides is 2. The highest BCUT2D eigenvalue weighted by molar-refractivity contribution is 5.79. The van der Waals surface area contributed by atoms with Crippen molar-refractivity contribution in [1.82, 2.24) is 14.7 Å².